The first-order chi connectivity index (χ1) is 18.1. The third-order valence-corrected chi connectivity index (χ3v) is 5.73. The van der Waals surface area contributed by atoms with Crippen LogP contribution in [0.25, 0.3) is 24.3 Å². The van der Waals surface area contributed by atoms with Crippen molar-refractivity contribution in [2.45, 2.75) is 0 Å². The van der Waals surface area contributed by atoms with E-state index in [1.54, 1.807) is 24.3 Å². The standard InChI is InChI=1S/C17H14O.C17H13O.Pd/c2*18-17(13-11-15-7-3-1-4-8-15)14-12-16-9-5-2-6-10-16;/h1-14H;1-9,11-14H;. The molecule has 0 radical (unpaired) electrons. The van der Waals surface area contributed by atoms with E-state index >= 15 is 0 Å². The Morgan fingerprint density at radius 3 is 1.14 bits per heavy atom. The molecule has 0 spiro atoms. The average molecular weight is 574 g/mol. The van der Waals surface area contributed by atoms with Gasteiger partial charge in [0.2, 0.25) is 0 Å². The molecular formula is C34H27O2Pd. The van der Waals surface area contributed by atoms with Crippen molar-refractivity contribution in [3.05, 3.63) is 162 Å². The molecule has 0 atom stereocenters. The van der Waals surface area contributed by atoms with Gasteiger partial charge in [0.05, 0.1) is 0 Å². The van der Waals surface area contributed by atoms with E-state index in [0.717, 1.165) is 26.3 Å². The van der Waals surface area contributed by atoms with Gasteiger partial charge in [-0.25, -0.2) is 0 Å². The Labute approximate surface area is 229 Å². The predicted molar refractivity (Wildman–Crippen MR) is 152 cm³/mol. The molecule has 0 bridgehead atoms. The average Bonchev–Trinajstić information content (AvgIpc) is 2.95. The molecule has 0 heterocycles. The number of rotatable bonds is 8. The third-order valence-electron chi connectivity index (χ3n) is 5.02. The van der Waals surface area contributed by atoms with E-state index in [0.29, 0.717) is 0 Å². The van der Waals surface area contributed by atoms with Crippen LogP contribution < -0.4 is 4.04 Å². The van der Waals surface area contributed by atoms with Crippen LogP contribution in [0.1, 0.15) is 22.3 Å². The van der Waals surface area contributed by atoms with Gasteiger partial charge >= 0.3 is 124 Å². The number of ketones is 2. The zero-order valence-electron chi connectivity index (χ0n) is 20.2. The molecule has 0 aromatic heterocycles. The Balaban J connectivity index is 0.000000206. The molecule has 4 aromatic rings. The number of carbonyl (C=O) groups excluding carboxylic acids is 2. The maximum absolute atomic E-state index is 11.7. The number of benzene rings is 4. The molecule has 0 aliphatic carbocycles. The smallest absolute Gasteiger partial charge is 0.178 e. The minimum atomic E-state index is -0.0240. The molecule has 3 heteroatoms. The van der Waals surface area contributed by atoms with Gasteiger partial charge in [-0.3, -0.25) is 4.79 Å². The van der Waals surface area contributed by atoms with Crippen LogP contribution in [0.2, 0.25) is 0 Å². The van der Waals surface area contributed by atoms with E-state index in [9.17, 15) is 9.59 Å². The minimum absolute atomic E-state index is 0.0114. The van der Waals surface area contributed by atoms with Gasteiger partial charge in [-0.05, 0) is 23.3 Å². The number of hydrogen-bond acceptors (Lipinski definition) is 2. The Bertz CT molecular complexity index is 1330. The van der Waals surface area contributed by atoms with Crippen molar-refractivity contribution in [2.24, 2.45) is 0 Å². The maximum Gasteiger partial charge on any atom is 0.178 e. The SMILES string of the molecule is O=C(C=Cc1ccccc1)C=Cc1cccc[c]1[Pd].O=C(C=Cc1ccccc1)C=Cc1ccccc1. The van der Waals surface area contributed by atoms with Crippen LogP contribution in [0.4, 0.5) is 0 Å². The van der Waals surface area contributed by atoms with Crippen LogP contribution in [0.5, 0.6) is 0 Å². The van der Waals surface area contributed by atoms with Gasteiger partial charge in [-0.1, -0.05) is 72.8 Å². The molecule has 0 fully saturated rings. The number of hydrogen-bond donors (Lipinski definition) is 0. The Morgan fingerprint density at radius 1 is 0.432 bits per heavy atom. The van der Waals surface area contributed by atoms with Crippen molar-refractivity contribution in [2.75, 3.05) is 0 Å². The van der Waals surface area contributed by atoms with Gasteiger partial charge in [0, 0.05) is 0 Å². The second-order valence-corrected chi connectivity index (χ2v) is 8.70. The minimum Gasteiger partial charge on any atom is -0.290 e. The quantitative estimate of drug-likeness (QED) is 0.166. The zero-order chi connectivity index (χ0) is 26.1. The van der Waals surface area contributed by atoms with Crippen LogP contribution in [0.3, 0.4) is 0 Å². The Kier molecular flexibility index (Phi) is 11.7. The summed E-state index contributed by atoms with van der Waals surface area (Å²) in [7, 11) is 0. The summed E-state index contributed by atoms with van der Waals surface area (Å²) >= 11 is 3.16. The Morgan fingerprint density at radius 2 is 0.757 bits per heavy atom. The fourth-order valence-electron chi connectivity index (χ4n) is 3.10. The monoisotopic (exact) mass is 573 g/mol. The molecule has 185 valence electrons. The summed E-state index contributed by atoms with van der Waals surface area (Å²) in [5.41, 5.74) is 4.08. The summed E-state index contributed by atoms with van der Waals surface area (Å²) in [5.74, 6) is -0.0354. The molecule has 0 saturated carbocycles. The summed E-state index contributed by atoms with van der Waals surface area (Å²) in [4.78, 5) is 23.3. The largest absolute Gasteiger partial charge is 0.290 e. The van der Waals surface area contributed by atoms with E-state index in [-0.39, 0.29) is 11.6 Å². The molecule has 0 unspecified atom stereocenters. The molecule has 37 heavy (non-hydrogen) atoms. The molecule has 2 nitrogen and oxygen atoms in total. The van der Waals surface area contributed by atoms with Crippen LogP contribution in [-0.2, 0) is 28.8 Å². The summed E-state index contributed by atoms with van der Waals surface area (Å²) < 4.78 is 1.02. The van der Waals surface area contributed by atoms with Gasteiger partial charge < -0.3 is 0 Å². The number of carbonyl (C=O) groups is 2. The molecule has 0 saturated heterocycles. The summed E-state index contributed by atoms with van der Waals surface area (Å²) in [6.07, 6.45) is 13.6. The molecule has 4 rings (SSSR count). The van der Waals surface area contributed by atoms with Gasteiger partial charge in [0.25, 0.3) is 0 Å². The van der Waals surface area contributed by atoms with Crippen molar-refractivity contribution >= 4 is 39.9 Å². The van der Waals surface area contributed by atoms with Crippen LogP contribution in [-0.4, -0.2) is 11.6 Å². The second kappa shape index (κ2) is 15.8. The predicted octanol–water partition coefficient (Wildman–Crippen LogP) is 7.14. The molecule has 4 aromatic carbocycles. The summed E-state index contributed by atoms with van der Waals surface area (Å²) in [5, 5.41) is 0. The summed E-state index contributed by atoms with van der Waals surface area (Å²) in [6.45, 7) is 0. The molecular weight excluding hydrogens is 547 g/mol. The zero-order valence-corrected chi connectivity index (χ0v) is 21.8. The van der Waals surface area contributed by atoms with E-state index in [1.807, 2.05) is 140 Å². The topological polar surface area (TPSA) is 34.1 Å². The fourth-order valence-corrected chi connectivity index (χ4v) is 3.51. The van der Waals surface area contributed by atoms with E-state index in [4.69, 9.17) is 0 Å². The molecule has 0 aliphatic heterocycles. The molecule has 0 amide bonds. The normalized spacial score (nSPS) is 11.2. The second-order valence-electron chi connectivity index (χ2n) is 7.86. The maximum atomic E-state index is 11.7. The first-order valence-corrected chi connectivity index (χ1v) is 12.5. The third kappa shape index (κ3) is 11.0. The molecule has 0 aliphatic rings. The summed E-state index contributed by atoms with van der Waals surface area (Å²) in [6, 6.07) is 37.1. The van der Waals surface area contributed by atoms with Crippen molar-refractivity contribution < 1.29 is 28.8 Å². The first-order valence-electron chi connectivity index (χ1n) is 11.8. The van der Waals surface area contributed by atoms with Gasteiger partial charge in [0.1, 0.15) is 0 Å². The van der Waals surface area contributed by atoms with Gasteiger partial charge in [-0.15, -0.1) is 0 Å². The number of allylic oxidation sites excluding steroid dienone is 4. The van der Waals surface area contributed by atoms with Gasteiger partial charge in [0.15, 0.2) is 5.78 Å². The first kappa shape index (κ1) is 27.4. The van der Waals surface area contributed by atoms with E-state index < -0.39 is 0 Å². The van der Waals surface area contributed by atoms with Crippen molar-refractivity contribution in [1.82, 2.24) is 0 Å². The van der Waals surface area contributed by atoms with E-state index in [2.05, 4.69) is 19.2 Å². The van der Waals surface area contributed by atoms with Crippen molar-refractivity contribution in [3.63, 3.8) is 0 Å². The van der Waals surface area contributed by atoms with Crippen LogP contribution in [0, 0.1) is 0 Å². The fraction of sp³-hybridized carbons (Fsp3) is 0. The van der Waals surface area contributed by atoms with Crippen LogP contribution >= 0.6 is 0 Å². The Hall–Kier alpha value is -4.16. The van der Waals surface area contributed by atoms with Crippen molar-refractivity contribution in [3.8, 4) is 0 Å². The van der Waals surface area contributed by atoms with Gasteiger partial charge in [-0.2, -0.15) is 0 Å². The van der Waals surface area contributed by atoms with E-state index in [1.165, 1.54) is 0 Å². The van der Waals surface area contributed by atoms with Crippen molar-refractivity contribution in [1.29, 1.82) is 0 Å². The molecule has 0 N–H and O–H groups in total. The van der Waals surface area contributed by atoms with Crippen LogP contribution in [0.15, 0.2) is 140 Å².